The summed E-state index contributed by atoms with van der Waals surface area (Å²) in [4.78, 5) is 0. The van der Waals surface area contributed by atoms with E-state index < -0.39 is 5.41 Å². The van der Waals surface area contributed by atoms with Gasteiger partial charge in [-0.15, -0.1) is 0 Å². The van der Waals surface area contributed by atoms with Crippen LogP contribution >= 0.6 is 0 Å². The van der Waals surface area contributed by atoms with Crippen LogP contribution in [0.25, 0.3) is 0 Å². The van der Waals surface area contributed by atoms with Crippen molar-refractivity contribution in [2.24, 2.45) is 0 Å². The molecule has 2 rings (SSSR count). The summed E-state index contributed by atoms with van der Waals surface area (Å²) in [7, 11) is 0. The predicted octanol–water partition coefficient (Wildman–Crippen LogP) is 2.27. The molecule has 3 heteroatoms. The van der Waals surface area contributed by atoms with E-state index in [1.54, 1.807) is 25.1 Å². The Morgan fingerprint density at radius 3 is 2.53 bits per heavy atom. The lowest BCUT2D eigenvalue weighted by Gasteiger charge is -2.26. The fraction of sp³-hybridized carbons (Fsp3) is 0.167. The van der Waals surface area contributed by atoms with E-state index in [0.29, 0.717) is 16.9 Å². The topological polar surface area (TPSA) is 56.8 Å². The smallest absolute Gasteiger partial charge is 0.196 e. The SMILES string of the molecule is CC1=COc2ccccc2C1(C#N)C#N. The maximum atomic E-state index is 9.19. The molecule has 0 N–H and O–H groups in total. The molecule has 0 atom stereocenters. The van der Waals surface area contributed by atoms with Gasteiger partial charge in [-0.25, -0.2) is 0 Å². The van der Waals surface area contributed by atoms with Crippen LogP contribution in [0.1, 0.15) is 12.5 Å². The van der Waals surface area contributed by atoms with Gasteiger partial charge in [0.15, 0.2) is 5.41 Å². The Kier molecular flexibility index (Phi) is 1.95. The summed E-state index contributed by atoms with van der Waals surface area (Å²) >= 11 is 0. The lowest BCUT2D eigenvalue weighted by Crippen LogP contribution is -2.27. The number of para-hydroxylation sites is 1. The van der Waals surface area contributed by atoms with Crippen LogP contribution in [0.2, 0.25) is 0 Å². The molecule has 1 aromatic rings. The fourth-order valence-corrected chi connectivity index (χ4v) is 1.65. The monoisotopic (exact) mass is 196 g/mol. The average molecular weight is 196 g/mol. The zero-order valence-electron chi connectivity index (χ0n) is 8.19. The zero-order valence-corrected chi connectivity index (χ0v) is 8.19. The standard InChI is InChI=1S/C12H8N2O/c1-9-6-15-11-5-3-2-4-10(11)12(9,7-13)8-14/h2-6H,1H3. The Balaban J connectivity index is 2.74. The highest BCUT2D eigenvalue weighted by Crippen LogP contribution is 2.40. The van der Waals surface area contributed by atoms with Gasteiger partial charge >= 0.3 is 0 Å². The minimum Gasteiger partial charge on any atom is -0.465 e. The summed E-state index contributed by atoms with van der Waals surface area (Å²) in [6.07, 6.45) is 1.47. The van der Waals surface area contributed by atoms with Crippen molar-refractivity contribution in [1.29, 1.82) is 10.5 Å². The summed E-state index contributed by atoms with van der Waals surface area (Å²) < 4.78 is 5.33. The van der Waals surface area contributed by atoms with Crippen LogP contribution in [0.3, 0.4) is 0 Å². The van der Waals surface area contributed by atoms with Crippen LogP contribution in [0.5, 0.6) is 5.75 Å². The predicted molar refractivity (Wildman–Crippen MR) is 53.7 cm³/mol. The largest absolute Gasteiger partial charge is 0.465 e. The van der Waals surface area contributed by atoms with Crippen molar-refractivity contribution >= 4 is 0 Å². The molecule has 0 radical (unpaired) electrons. The molecule has 0 aliphatic carbocycles. The van der Waals surface area contributed by atoms with Crippen LogP contribution in [-0.2, 0) is 5.41 Å². The van der Waals surface area contributed by atoms with E-state index in [9.17, 15) is 10.5 Å². The third-order valence-corrected chi connectivity index (χ3v) is 2.58. The molecule has 3 nitrogen and oxygen atoms in total. The Morgan fingerprint density at radius 2 is 1.87 bits per heavy atom. The van der Waals surface area contributed by atoms with Crippen LogP contribution in [0.15, 0.2) is 36.1 Å². The number of ether oxygens (including phenoxy) is 1. The van der Waals surface area contributed by atoms with Gasteiger partial charge in [0.2, 0.25) is 0 Å². The molecule has 72 valence electrons. The van der Waals surface area contributed by atoms with E-state index in [4.69, 9.17) is 4.74 Å². The van der Waals surface area contributed by atoms with Crippen molar-refractivity contribution in [2.75, 3.05) is 0 Å². The van der Waals surface area contributed by atoms with E-state index in [2.05, 4.69) is 12.1 Å². The molecule has 15 heavy (non-hydrogen) atoms. The first-order valence-corrected chi connectivity index (χ1v) is 4.50. The summed E-state index contributed by atoms with van der Waals surface area (Å²) in [6, 6.07) is 11.2. The first kappa shape index (κ1) is 9.30. The van der Waals surface area contributed by atoms with Gasteiger partial charge in [-0.05, 0) is 13.0 Å². The molecule has 0 saturated carbocycles. The van der Waals surface area contributed by atoms with Gasteiger partial charge in [-0.2, -0.15) is 10.5 Å². The molecule has 0 aromatic heterocycles. The maximum Gasteiger partial charge on any atom is 0.196 e. The van der Waals surface area contributed by atoms with Crippen LogP contribution < -0.4 is 4.74 Å². The number of nitrogens with zero attached hydrogens (tertiary/aromatic N) is 2. The van der Waals surface area contributed by atoms with Crippen molar-refractivity contribution in [1.82, 2.24) is 0 Å². The summed E-state index contributed by atoms with van der Waals surface area (Å²) in [5.74, 6) is 0.575. The second kappa shape index (κ2) is 3.15. The van der Waals surface area contributed by atoms with Gasteiger partial charge in [0, 0.05) is 11.1 Å². The Morgan fingerprint density at radius 1 is 1.20 bits per heavy atom. The number of hydrogen-bond acceptors (Lipinski definition) is 3. The van der Waals surface area contributed by atoms with Crippen LogP contribution in [-0.4, -0.2) is 0 Å². The highest BCUT2D eigenvalue weighted by atomic mass is 16.5. The molecular formula is C12H8N2O. The molecule has 1 aliphatic rings. The normalized spacial score (nSPS) is 16.3. The zero-order chi connectivity index (χ0) is 10.9. The van der Waals surface area contributed by atoms with E-state index in [1.807, 2.05) is 6.07 Å². The fourth-order valence-electron chi connectivity index (χ4n) is 1.65. The molecule has 0 spiro atoms. The lowest BCUT2D eigenvalue weighted by atomic mass is 9.76. The van der Waals surface area contributed by atoms with Crippen molar-refractivity contribution in [3.05, 3.63) is 41.7 Å². The Labute approximate surface area is 87.8 Å². The van der Waals surface area contributed by atoms with Crippen molar-refractivity contribution in [2.45, 2.75) is 12.3 Å². The maximum absolute atomic E-state index is 9.19. The second-order valence-electron chi connectivity index (χ2n) is 3.39. The minimum absolute atomic E-state index is 0.575. The van der Waals surface area contributed by atoms with Gasteiger partial charge in [-0.1, -0.05) is 18.2 Å². The Hall–Kier alpha value is -2.26. The molecular weight excluding hydrogens is 188 g/mol. The molecule has 0 saturated heterocycles. The van der Waals surface area contributed by atoms with E-state index in [0.717, 1.165) is 0 Å². The molecule has 1 aliphatic heterocycles. The first-order chi connectivity index (χ1) is 7.24. The molecule has 0 amide bonds. The molecule has 0 unspecified atom stereocenters. The second-order valence-corrected chi connectivity index (χ2v) is 3.39. The summed E-state index contributed by atoms with van der Waals surface area (Å²) in [6.45, 7) is 1.72. The average Bonchev–Trinajstić information content (AvgIpc) is 2.30. The van der Waals surface area contributed by atoms with Gasteiger partial charge < -0.3 is 4.74 Å². The van der Waals surface area contributed by atoms with E-state index >= 15 is 0 Å². The van der Waals surface area contributed by atoms with E-state index in [1.165, 1.54) is 6.26 Å². The number of allylic oxidation sites excluding steroid dienone is 1. The molecule has 0 bridgehead atoms. The number of nitriles is 2. The van der Waals surface area contributed by atoms with Crippen molar-refractivity contribution in [3.8, 4) is 17.9 Å². The molecule has 1 heterocycles. The van der Waals surface area contributed by atoms with E-state index in [-0.39, 0.29) is 0 Å². The van der Waals surface area contributed by atoms with Crippen LogP contribution in [0, 0.1) is 22.7 Å². The minimum atomic E-state index is -1.20. The van der Waals surface area contributed by atoms with Gasteiger partial charge in [0.1, 0.15) is 5.75 Å². The molecule has 0 fully saturated rings. The third kappa shape index (κ3) is 1.11. The number of hydrogen-bond donors (Lipinski definition) is 0. The van der Waals surface area contributed by atoms with Gasteiger partial charge in [0.05, 0.1) is 18.4 Å². The van der Waals surface area contributed by atoms with Crippen molar-refractivity contribution < 1.29 is 4.74 Å². The number of fused-ring (bicyclic) bond motifs is 1. The summed E-state index contributed by atoms with van der Waals surface area (Å²) in [5, 5.41) is 18.4. The first-order valence-electron chi connectivity index (χ1n) is 4.50. The van der Waals surface area contributed by atoms with Gasteiger partial charge in [-0.3, -0.25) is 0 Å². The number of benzene rings is 1. The van der Waals surface area contributed by atoms with Crippen molar-refractivity contribution in [3.63, 3.8) is 0 Å². The Bertz CT molecular complexity index is 503. The molecule has 1 aromatic carbocycles. The lowest BCUT2D eigenvalue weighted by molar-refractivity contribution is 0.440. The highest BCUT2D eigenvalue weighted by Gasteiger charge is 2.39. The highest BCUT2D eigenvalue weighted by molar-refractivity contribution is 5.57. The number of rotatable bonds is 0. The van der Waals surface area contributed by atoms with Crippen LogP contribution in [0.4, 0.5) is 0 Å². The van der Waals surface area contributed by atoms with Gasteiger partial charge in [0.25, 0.3) is 0 Å². The summed E-state index contributed by atoms with van der Waals surface area (Å²) in [5.41, 5.74) is 0.0377. The quantitative estimate of drug-likeness (QED) is 0.639. The third-order valence-electron chi connectivity index (χ3n) is 2.58.